The van der Waals surface area contributed by atoms with Crippen LogP contribution in [-0.2, 0) is 19.7 Å². The second-order valence-electron chi connectivity index (χ2n) is 10.2. The van der Waals surface area contributed by atoms with Crippen LogP contribution in [-0.4, -0.2) is 19.2 Å². The normalized spacial score (nSPS) is 14.3. The molecule has 6 rings (SSSR count). The number of hydrogen-bond acceptors (Lipinski definition) is 5. The Morgan fingerprint density at radius 2 is 1.46 bits per heavy atom. The number of amides is 1. The molecule has 1 heterocycles. The zero-order valence-corrected chi connectivity index (χ0v) is 23.4. The van der Waals surface area contributed by atoms with Gasteiger partial charge in [0, 0.05) is 21.5 Å². The molecule has 0 bridgehead atoms. The Morgan fingerprint density at radius 3 is 2.12 bits per heavy atom. The number of hydrogen-bond donors (Lipinski definition) is 1. The lowest BCUT2D eigenvalue weighted by Crippen LogP contribution is -2.21. The number of anilines is 1. The van der Waals surface area contributed by atoms with Crippen LogP contribution in [0.4, 0.5) is 10.5 Å². The molecular formula is C34H28ClNO5. The van der Waals surface area contributed by atoms with Crippen LogP contribution in [0.1, 0.15) is 37.0 Å². The molecular weight excluding hydrogens is 538 g/mol. The fourth-order valence-electron chi connectivity index (χ4n) is 5.26. The maximum atomic E-state index is 13.0. The van der Waals surface area contributed by atoms with Gasteiger partial charge in [0.1, 0.15) is 11.7 Å². The zero-order chi connectivity index (χ0) is 28.6. The molecule has 0 unspecified atom stereocenters. The summed E-state index contributed by atoms with van der Waals surface area (Å²) in [4.78, 5) is 25.2. The number of carbonyl (C=O) groups excluding carboxylic acids is 2. The van der Waals surface area contributed by atoms with Gasteiger partial charge < -0.3 is 13.9 Å². The van der Waals surface area contributed by atoms with Gasteiger partial charge in [-0.2, -0.15) is 0 Å². The number of ether oxygens (including phenoxy) is 2. The van der Waals surface area contributed by atoms with E-state index in [1.165, 1.54) is 7.11 Å². The minimum absolute atomic E-state index is 0.174. The number of nitrogens with one attached hydrogen (secondary N) is 1. The number of benzene rings is 4. The Morgan fingerprint density at radius 1 is 0.854 bits per heavy atom. The lowest BCUT2D eigenvalue weighted by Gasteiger charge is -2.15. The third-order valence-electron chi connectivity index (χ3n) is 7.69. The van der Waals surface area contributed by atoms with Crippen molar-refractivity contribution in [3.05, 3.63) is 113 Å². The van der Waals surface area contributed by atoms with Crippen molar-refractivity contribution in [1.29, 1.82) is 0 Å². The molecule has 6 nitrogen and oxygen atoms in total. The van der Waals surface area contributed by atoms with Crippen molar-refractivity contribution in [3.63, 3.8) is 0 Å². The second kappa shape index (κ2) is 10.8. The summed E-state index contributed by atoms with van der Waals surface area (Å²) in [6.07, 6.45) is 0.475. The number of para-hydroxylation sites is 1. The van der Waals surface area contributed by atoms with Crippen LogP contribution < -0.4 is 5.32 Å². The van der Waals surface area contributed by atoms with Crippen molar-refractivity contribution < 1.29 is 23.5 Å². The molecule has 1 atom stereocenters. The molecule has 0 saturated heterocycles. The van der Waals surface area contributed by atoms with Crippen LogP contribution in [0.15, 0.2) is 101 Å². The molecule has 1 saturated carbocycles. The van der Waals surface area contributed by atoms with E-state index in [1.807, 2.05) is 91.0 Å². The van der Waals surface area contributed by atoms with E-state index in [-0.39, 0.29) is 5.97 Å². The number of methoxy groups -OCH3 is 1. The number of fused-ring (bicyclic) bond motifs is 1. The van der Waals surface area contributed by atoms with Gasteiger partial charge in [0.25, 0.3) is 0 Å². The second-order valence-corrected chi connectivity index (χ2v) is 10.6. The van der Waals surface area contributed by atoms with Crippen LogP contribution in [0.2, 0.25) is 5.02 Å². The Balaban J connectivity index is 1.25. The minimum Gasteiger partial charge on any atom is -0.468 e. The number of rotatable bonds is 7. The topological polar surface area (TPSA) is 77.8 Å². The van der Waals surface area contributed by atoms with Gasteiger partial charge in [-0.25, -0.2) is 4.79 Å². The van der Waals surface area contributed by atoms with E-state index in [0.717, 1.165) is 46.0 Å². The molecule has 5 aromatic rings. The van der Waals surface area contributed by atoms with Crippen molar-refractivity contribution in [3.8, 4) is 22.5 Å². The highest BCUT2D eigenvalue weighted by atomic mass is 35.5. The van der Waals surface area contributed by atoms with Crippen molar-refractivity contribution in [2.45, 2.75) is 31.3 Å². The molecule has 0 radical (unpaired) electrons. The Kier molecular flexibility index (Phi) is 7.01. The fraction of sp³-hybridized carbons (Fsp3) is 0.176. The fourth-order valence-corrected chi connectivity index (χ4v) is 5.55. The molecule has 1 aromatic heterocycles. The van der Waals surface area contributed by atoms with Gasteiger partial charge in [-0.05, 0) is 54.7 Å². The largest absolute Gasteiger partial charge is 0.468 e. The highest BCUT2D eigenvalue weighted by molar-refractivity contribution is 6.31. The maximum absolute atomic E-state index is 13.0. The van der Waals surface area contributed by atoms with Gasteiger partial charge >= 0.3 is 12.1 Å². The smallest absolute Gasteiger partial charge is 0.412 e. The summed E-state index contributed by atoms with van der Waals surface area (Å²) in [5, 5.41) is 4.21. The summed E-state index contributed by atoms with van der Waals surface area (Å²) >= 11 is 6.29. The molecule has 206 valence electrons. The summed E-state index contributed by atoms with van der Waals surface area (Å²) in [5.41, 5.74) is 5.25. The predicted molar refractivity (Wildman–Crippen MR) is 160 cm³/mol. The quantitative estimate of drug-likeness (QED) is 0.199. The Bertz CT molecular complexity index is 1740. The summed E-state index contributed by atoms with van der Waals surface area (Å²) in [7, 11) is 1.44. The standard InChI is InChI=1S/C34H28ClNO5/c1-21(26-7-3-5-9-28(26)35)40-33(38)36-30-27-8-4-6-10-29(27)41-31(30)24-13-11-22(12-14-24)23-15-17-25(18-16-23)34(19-20-34)32(37)39-2/h3-18,21H,19-20H2,1-2H3,(H,36,38)/t21-/m1/s1. The lowest BCUT2D eigenvalue weighted by molar-refractivity contribution is -0.143. The Hall–Kier alpha value is -4.55. The molecule has 1 fully saturated rings. The van der Waals surface area contributed by atoms with Crippen LogP contribution in [0.5, 0.6) is 0 Å². The first-order valence-electron chi connectivity index (χ1n) is 13.4. The van der Waals surface area contributed by atoms with Gasteiger partial charge in [-0.3, -0.25) is 10.1 Å². The first-order valence-corrected chi connectivity index (χ1v) is 13.8. The van der Waals surface area contributed by atoms with Gasteiger partial charge in [0.15, 0.2) is 5.76 Å². The molecule has 7 heteroatoms. The average Bonchev–Trinajstić information content (AvgIpc) is 3.74. The summed E-state index contributed by atoms with van der Waals surface area (Å²) in [6.45, 7) is 1.78. The molecule has 41 heavy (non-hydrogen) atoms. The Labute approximate surface area is 242 Å². The van der Waals surface area contributed by atoms with Crippen molar-refractivity contribution in [2.24, 2.45) is 0 Å². The first-order chi connectivity index (χ1) is 19.9. The van der Waals surface area contributed by atoms with Crippen LogP contribution in [0, 0.1) is 0 Å². The highest BCUT2D eigenvalue weighted by Gasteiger charge is 2.52. The van der Waals surface area contributed by atoms with E-state index in [0.29, 0.717) is 22.1 Å². The predicted octanol–water partition coefficient (Wildman–Crippen LogP) is 8.93. The van der Waals surface area contributed by atoms with Crippen LogP contribution >= 0.6 is 11.6 Å². The van der Waals surface area contributed by atoms with E-state index in [1.54, 1.807) is 13.0 Å². The summed E-state index contributed by atoms with van der Waals surface area (Å²) in [5.74, 6) is 0.358. The zero-order valence-electron chi connectivity index (χ0n) is 22.6. The number of esters is 1. The molecule has 0 aliphatic heterocycles. The number of halogens is 1. The molecule has 1 aliphatic rings. The monoisotopic (exact) mass is 565 g/mol. The molecule has 4 aromatic carbocycles. The van der Waals surface area contributed by atoms with Crippen molar-refractivity contribution in [1.82, 2.24) is 0 Å². The van der Waals surface area contributed by atoms with Gasteiger partial charge in [-0.15, -0.1) is 0 Å². The van der Waals surface area contributed by atoms with E-state index < -0.39 is 17.6 Å². The van der Waals surface area contributed by atoms with Crippen LogP contribution in [0.25, 0.3) is 33.4 Å². The van der Waals surface area contributed by atoms with Gasteiger partial charge in [0.05, 0.1) is 18.2 Å². The summed E-state index contributed by atoms with van der Waals surface area (Å²) < 4.78 is 16.9. The SMILES string of the molecule is COC(=O)C1(c2ccc(-c3ccc(-c4oc5ccccc5c4NC(=O)O[C@H](C)c4ccccc4Cl)cc3)cc2)CC1. The van der Waals surface area contributed by atoms with Crippen molar-refractivity contribution in [2.75, 3.05) is 12.4 Å². The molecule has 0 spiro atoms. The van der Waals surface area contributed by atoms with E-state index in [9.17, 15) is 9.59 Å². The average molecular weight is 566 g/mol. The number of carbonyl (C=O) groups is 2. The first kappa shape index (κ1) is 26.7. The highest BCUT2D eigenvalue weighted by Crippen LogP contribution is 2.49. The van der Waals surface area contributed by atoms with E-state index >= 15 is 0 Å². The lowest BCUT2D eigenvalue weighted by atomic mass is 9.93. The minimum atomic E-state index is -0.609. The number of furan rings is 1. The van der Waals surface area contributed by atoms with Crippen LogP contribution in [0.3, 0.4) is 0 Å². The van der Waals surface area contributed by atoms with E-state index in [2.05, 4.69) is 5.32 Å². The third-order valence-corrected chi connectivity index (χ3v) is 8.04. The van der Waals surface area contributed by atoms with Crippen molar-refractivity contribution >= 4 is 40.3 Å². The summed E-state index contributed by atoms with van der Waals surface area (Å²) in [6, 6.07) is 30.8. The van der Waals surface area contributed by atoms with Gasteiger partial charge in [-0.1, -0.05) is 90.5 Å². The van der Waals surface area contributed by atoms with Gasteiger partial charge in [0.2, 0.25) is 0 Å². The molecule has 1 amide bonds. The van der Waals surface area contributed by atoms with E-state index in [4.69, 9.17) is 25.5 Å². The molecule has 1 N–H and O–H groups in total. The third kappa shape index (κ3) is 5.07. The maximum Gasteiger partial charge on any atom is 0.412 e. The molecule has 1 aliphatic carbocycles.